The Morgan fingerprint density at radius 3 is 2.71 bits per heavy atom. The van der Waals surface area contributed by atoms with Crippen molar-refractivity contribution < 1.29 is 22.7 Å². The zero-order chi connectivity index (χ0) is 22.0. The van der Waals surface area contributed by atoms with Crippen LogP contribution in [-0.2, 0) is 28.0 Å². The highest BCUT2D eigenvalue weighted by Crippen LogP contribution is 2.58. The van der Waals surface area contributed by atoms with Gasteiger partial charge in [-0.15, -0.1) is 0 Å². The second kappa shape index (κ2) is 6.84. The Bertz CT molecular complexity index is 1290. The lowest BCUT2D eigenvalue weighted by atomic mass is 10.1. The molecule has 3 atom stereocenters. The molecule has 0 amide bonds. The molecule has 0 bridgehead atoms. The van der Waals surface area contributed by atoms with E-state index in [1.165, 1.54) is 21.1 Å². The van der Waals surface area contributed by atoms with Gasteiger partial charge >= 0.3 is 5.97 Å². The smallest absolute Gasteiger partial charge is 0.325 e. The summed E-state index contributed by atoms with van der Waals surface area (Å²) >= 11 is 0. The van der Waals surface area contributed by atoms with Crippen LogP contribution in [0.2, 0.25) is 0 Å². The van der Waals surface area contributed by atoms with Crippen molar-refractivity contribution in [1.82, 2.24) is 18.6 Å². The third kappa shape index (κ3) is 3.05. The molecule has 162 valence electrons. The van der Waals surface area contributed by atoms with Crippen molar-refractivity contribution in [3.63, 3.8) is 0 Å². The molecule has 1 aliphatic carbocycles. The van der Waals surface area contributed by atoms with E-state index in [9.17, 15) is 22.7 Å². The number of carboxylic acids is 1. The van der Waals surface area contributed by atoms with E-state index in [0.29, 0.717) is 12.1 Å². The maximum absolute atomic E-state index is 13.5. The molecular formula is C21H21FN4O4S. The average molecular weight is 444 g/mol. The number of pyridine rings is 1. The number of carboxylic acid groups (broad SMARTS) is 1. The van der Waals surface area contributed by atoms with Gasteiger partial charge in [0, 0.05) is 18.0 Å². The number of rotatable bonds is 5. The molecule has 0 saturated heterocycles. The Kier molecular flexibility index (Phi) is 4.44. The van der Waals surface area contributed by atoms with E-state index in [1.54, 1.807) is 25.1 Å². The van der Waals surface area contributed by atoms with Gasteiger partial charge in [0.15, 0.2) is 0 Å². The fraction of sp³-hybridized carbons (Fsp3) is 0.333. The summed E-state index contributed by atoms with van der Waals surface area (Å²) in [7, 11) is -4.11. The van der Waals surface area contributed by atoms with Gasteiger partial charge in [-0.25, -0.2) is 8.91 Å². The van der Waals surface area contributed by atoms with Crippen LogP contribution in [0.3, 0.4) is 0 Å². The van der Waals surface area contributed by atoms with E-state index in [-0.39, 0.29) is 13.1 Å². The Morgan fingerprint density at radius 2 is 2.00 bits per heavy atom. The van der Waals surface area contributed by atoms with Crippen LogP contribution in [0.25, 0.3) is 5.52 Å². The van der Waals surface area contributed by atoms with E-state index in [4.69, 9.17) is 0 Å². The molecule has 1 aliphatic heterocycles. The molecule has 0 spiro atoms. The highest BCUT2D eigenvalue weighted by molar-refractivity contribution is 7.87. The molecule has 0 radical (unpaired) electrons. The number of aliphatic carboxylic acids is 1. The van der Waals surface area contributed by atoms with E-state index in [0.717, 1.165) is 16.6 Å². The summed E-state index contributed by atoms with van der Waals surface area (Å²) in [5.74, 6) is -2.49. The van der Waals surface area contributed by atoms with Gasteiger partial charge in [0.25, 0.3) is 10.2 Å². The van der Waals surface area contributed by atoms with Gasteiger partial charge in [-0.2, -0.15) is 22.5 Å². The number of nitrogens with zero attached hydrogens (tertiary/aromatic N) is 3. The first-order chi connectivity index (χ1) is 14.7. The van der Waals surface area contributed by atoms with Gasteiger partial charge in [-0.1, -0.05) is 37.3 Å². The molecule has 2 aromatic heterocycles. The molecule has 2 N–H and O–H groups in total. The number of hydrogen-bond donors (Lipinski definition) is 2. The minimum Gasteiger partial charge on any atom is -0.480 e. The molecule has 2 aliphatic rings. The van der Waals surface area contributed by atoms with Crippen molar-refractivity contribution >= 4 is 21.7 Å². The molecule has 1 saturated carbocycles. The van der Waals surface area contributed by atoms with Crippen LogP contribution in [0.4, 0.5) is 4.39 Å². The molecular weight excluding hydrogens is 423 g/mol. The van der Waals surface area contributed by atoms with E-state index in [1.807, 2.05) is 18.2 Å². The molecule has 3 heterocycles. The SMILES string of the molecule is C[C@@H]1[C@H](c2ccccc2)[C@]1(NS(=O)(=O)N1CCc2c(nn3cc(F)ccc23)C1)C(=O)O. The minimum absolute atomic E-state index is 0.00590. The standard InChI is InChI=1S/C21H21FN4O4S/c1-13-19(14-5-3-2-4-6-14)21(13,20(27)28)24-31(29,30)25-10-9-16-17(12-25)23-26-11-15(22)7-8-18(16)26/h2-8,11,13,19,24H,9-10,12H2,1H3,(H,27,28)/t13-,19-,21+/m1/s1. The van der Waals surface area contributed by atoms with Gasteiger partial charge in [-0.3, -0.25) is 4.79 Å². The lowest BCUT2D eigenvalue weighted by Gasteiger charge is -2.27. The Hall–Kier alpha value is -2.82. The van der Waals surface area contributed by atoms with E-state index < -0.39 is 39.4 Å². The van der Waals surface area contributed by atoms with Crippen LogP contribution in [0, 0.1) is 11.7 Å². The predicted molar refractivity (Wildman–Crippen MR) is 110 cm³/mol. The second-order valence-electron chi connectivity index (χ2n) is 8.14. The van der Waals surface area contributed by atoms with Crippen LogP contribution < -0.4 is 4.72 Å². The molecule has 3 aromatic rings. The van der Waals surface area contributed by atoms with E-state index in [2.05, 4.69) is 9.82 Å². The lowest BCUT2D eigenvalue weighted by molar-refractivity contribution is -0.140. The van der Waals surface area contributed by atoms with E-state index >= 15 is 0 Å². The van der Waals surface area contributed by atoms with Gasteiger partial charge in [-0.05, 0) is 30.0 Å². The first-order valence-corrected chi connectivity index (χ1v) is 11.4. The maximum atomic E-state index is 13.5. The molecule has 10 heteroatoms. The summed E-state index contributed by atoms with van der Waals surface area (Å²) in [5.41, 5.74) is 1.34. The molecule has 5 rings (SSSR count). The Balaban J connectivity index is 1.43. The number of aromatic nitrogens is 2. The predicted octanol–water partition coefficient (Wildman–Crippen LogP) is 1.92. The van der Waals surface area contributed by atoms with Gasteiger partial charge in [0.2, 0.25) is 0 Å². The third-order valence-electron chi connectivity index (χ3n) is 6.47. The highest BCUT2D eigenvalue weighted by Gasteiger charge is 2.70. The molecule has 8 nitrogen and oxygen atoms in total. The first-order valence-electron chi connectivity index (χ1n) is 9.97. The van der Waals surface area contributed by atoms with Crippen LogP contribution in [-0.4, -0.2) is 45.5 Å². The number of fused-ring (bicyclic) bond motifs is 3. The highest BCUT2D eigenvalue weighted by atomic mass is 32.2. The Labute approximate surface area is 178 Å². The van der Waals surface area contributed by atoms with Crippen molar-refractivity contribution in [2.75, 3.05) is 6.54 Å². The normalized spacial score (nSPS) is 26.0. The molecule has 31 heavy (non-hydrogen) atoms. The number of hydrogen-bond acceptors (Lipinski definition) is 4. The molecule has 1 aromatic carbocycles. The summed E-state index contributed by atoms with van der Waals surface area (Å²) in [4.78, 5) is 12.2. The summed E-state index contributed by atoms with van der Waals surface area (Å²) in [6.07, 6.45) is 1.66. The van der Waals surface area contributed by atoms with Crippen LogP contribution in [0.1, 0.15) is 29.7 Å². The van der Waals surface area contributed by atoms with Crippen molar-refractivity contribution in [2.45, 2.75) is 31.3 Å². The zero-order valence-electron chi connectivity index (χ0n) is 16.7. The fourth-order valence-corrected chi connectivity index (χ4v) is 6.37. The van der Waals surface area contributed by atoms with Gasteiger partial charge < -0.3 is 5.11 Å². The van der Waals surface area contributed by atoms with Crippen LogP contribution in [0.15, 0.2) is 48.7 Å². The molecule has 0 unspecified atom stereocenters. The van der Waals surface area contributed by atoms with Crippen molar-refractivity contribution in [3.8, 4) is 0 Å². The van der Waals surface area contributed by atoms with Gasteiger partial charge in [0.05, 0.1) is 24.0 Å². The van der Waals surface area contributed by atoms with Crippen molar-refractivity contribution in [3.05, 3.63) is 71.3 Å². The zero-order valence-corrected chi connectivity index (χ0v) is 17.5. The number of halogens is 1. The first kappa shape index (κ1) is 20.1. The summed E-state index contributed by atoms with van der Waals surface area (Å²) in [5, 5.41) is 14.3. The maximum Gasteiger partial charge on any atom is 0.325 e. The summed E-state index contributed by atoms with van der Waals surface area (Å²) in [6.45, 7) is 1.91. The number of nitrogens with one attached hydrogen (secondary N) is 1. The summed E-state index contributed by atoms with van der Waals surface area (Å²) < 4.78 is 45.0. The lowest BCUT2D eigenvalue weighted by Crippen LogP contribution is -2.52. The average Bonchev–Trinajstić information content (AvgIpc) is 3.15. The van der Waals surface area contributed by atoms with Crippen molar-refractivity contribution in [1.29, 1.82) is 0 Å². The number of benzene rings is 1. The minimum atomic E-state index is -4.11. The number of carbonyl (C=O) groups is 1. The monoisotopic (exact) mass is 444 g/mol. The quantitative estimate of drug-likeness (QED) is 0.626. The Morgan fingerprint density at radius 1 is 1.26 bits per heavy atom. The van der Waals surface area contributed by atoms with Gasteiger partial charge in [0.1, 0.15) is 11.4 Å². The third-order valence-corrected chi connectivity index (χ3v) is 8.05. The fourth-order valence-electron chi connectivity index (χ4n) is 4.79. The largest absolute Gasteiger partial charge is 0.480 e. The molecule has 1 fully saturated rings. The van der Waals surface area contributed by atoms with Crippen molar-refractivity contribution in [2.24, 2.45) is 5.92 Å². The van der Waals surface area contributed by atoms with Crippen LogP contribution in [0.5, 0.6) is 0 Å². The van der Waals surface area contributed by atoms with Crippen LogP contribution >= 0.6 is 0 Å². The second-order valence-corrected chi connectivity index (χ2v) is 9.81. The topological polar surface area (TPSA) is 104 Å². The summed E-state index contributed by atoms with van der Waals surface area (Å²) in [6, 6.07) is 12.0.